The highest BCUT2D eigenvalue weighted by atomic mass is 16.5. The van der Waals surface area contributed by atoms with E-state index in [4.69, 9.17) is 14.2 Å². The molecule has 0 bridgehead atoms. The summed E-state index contributed by atoms with van der Waals surface area (Å²) in [5, 5.41) is 1.13. The van der Waals surface area contributed by atoms with Crippen molar-refractivity contribution in [3.63, 3.8) is 0 Å². The van der Waals surface area contributed by atoms with E-state index in [1.165, 1.54) is 0 Å². The standard InChI is InChI=1S/C32H29NO3/c1-3-9-25(10-4-1)21-34-24-32(36-22-26-11-5-2-6-12-26)28-16-19-30(20-17-28)35-23-29-18-15-27-13-7-8-14-31(27)33-29/h1-20,32H,21-24H2. The van der Waals surface area contributed by atoms with E-state index < -0.39 is 0 Å². The van der Waals surface area contributed by atoms with Crippen LogP contribution in [-0.2, 0) is 29.3 Å². The lowest BCUT2D eigenvalue weighted by Crippen LogP contribution is -2.12. The molecule has 4 aromatic carbocycles. The van der Waals surface area contributed by atoms with Gasteiger partial charge in [-0.3, -0.25) is 0 Å². The van der Waals surface area contributed by atoms with Gasteiger partial charge in [-0.25, -0.2) is 4.98 Å². The van der Waals surface area contributed by atoms with Crippen molar-refractivity contribution >= 4 is 10.9 Å². The predicted octanol–water partition coefficient (Wildman–Crippen LogP) is 7.29. The second-order valence-corrected chi connectivity index (χ2v) is 8.64. The molecule has 1 unspecified atom stereocenters. The molecular formula is C32H29NO3. The first kappa shape index (κ1) is 23.7. The van der Waals surface area contributed by atoms with Crippen LogP contribution in [0.5, 0.6) is 5.75 Å². The first-order valence-electron chi connectivity index (χ1n) is 12.2. The number of benzene rings is 4. The Hall–Kier alpha value is -3.99. The second kappa shape index (κ2) is 12.1. The highest BCUT2D eigenvalue weighted by Crippen LogP contribution is 2.24. The maximum Gasteiger partial charge on any atom is 0.130 e. The van der Waals surface area contributed by atoms with Gasteiger partial charge in [0, 0.05) is 5.39 Å². The summed E-state index contributed by atoms with van der Waals surface area (Å²) in [5.41, 5.74) is 5.20. The molecule has 36 heavy (non-hydrogen) atoms. The molecule has 0 aliphatic rings. The van der Waals surface area contributed by atoms with Crippen LogP contribution in [0.1, 0.15) is 28.5 Å². The van der Waals surface area contributed by atoms with Gasteiger partial charge in [0.15, 0.2) is 0 Å². The van der Waals surface area contributed by atoms with Gasteiger partial charge in [-0.1, -0.05) is 97.1 Å². The molecule has 5 rings (SSSR count). The van der Waals surface area contributed by atoms with E-state index in [0.717, 1.165) is 39.0 Å². The Labute approximate surface area is 212 Å². The molecule has 0 saturated carbocycles. The van der Waals surface area contributed by atoms with E-state index in [0.29, 0.717) is 26.4 Å². The maximum atomic E-state index is 6.29. The molecule has 0 radical (unpaired) electrons. The number of rotatable bonds is 11. The molecule has 0 amide bonds. The van der Waals surface area contributed by atoms with E-state index in [9.17, 15) is 0 Å². The second-order valence-electron chi connectivity index (χ2n) is 8.64. The lowest BCUT2D eigenvalue weighted by Gasteiger charge is -2.19. The van der Waals surface area contributed by atoms with Crippen LogP contribution in [0.15, 0.2) is 121 Å². The van der Waals surface area contributed by atoms with E-state index in [2.05, 4.69) is 41.4 Å². The fourth-order valence-electron chi connectivity index (χ4n) is 3.99. The van der Waals surface area contributed by atoms with Crippen LogP contribution >= 0.6 is 0 Å². The number of hydrogen-bond acceptors (Lipinski definition) is 4. The van der Waals surface area contributed by atoms with E-state index in [-0.39, 0.29) is 6.10 Å². The minimum Gasteiger partial charge on any atom is -0.487 e. The number of nitrogens with zero attached hydrogens (tertiary/aromatic N) is 1. The van der Waals surface area contributed by atoms with Crippen LogP contribution in [0.25, 0.3) is 10.9 Å². The normalized spacial score (nSPS) is 11.9. The van der Waals surface area contributed by atoms with Crippen molar-refractivity contribution in [2.24, 2.45) is 0 Å². The topological polar surface area (TPSA) is 40.6 Å². The molecule has 1 heterocycles. The van der Waals surface area contributed by atoms with Crippen LogP contribution in [0, 0.1) is 0 Å². The summed E-state index contributed by atoms with van der Waals surface area (Å²) in [5.74, 6) is 0.792. The zero-order valence-corrected chi connectivity index (χ0v) is 20.1. The van der Waals surface area contributed by atoms with Gasteiger partial charge in [-0.05, 0) is 41.0 Å². The molecule has 0 spiro atoms. The van der Waals surface area contributed by atoms with Gasteiger partial charge >= 0.3 is 0 Å². The molecule has 4 nitrogen and oxygen atoms in total. The van der Waals surface area contributed by atoms with Gasteiger partial charge in [0.2, 0.25) is 0 Å². The Morgan fingerprint density at radius 1 is 0.583 bits per heavy atom. The van der Waals surface area contributed by atoms with E-state index >= 15 is 0 Å². The third-order valence-corrected chi connectivity index (χ3v) is 5.97. The van der Waals surface area contributed by atoms with Crippen molar-refractivity contribution in [3.8, 4) is 5.75 Å². The van der Waals surface area contributed by atoms with Gasteiger partial charge in [-0.2, -0.15) is 0 Å². The first-order chi connectivity index (χ1) is 17.8. The van der Waals surface area contributed by atoms with Gasteiger partial charge in [0.25, 0.3) is 0 Å². The quantitative estimate of drug-likeness (QED) is 0.201. The molecule has 0 N–H and O–H groups in total. The van der Waals surface area contributed by atoms with Gasteiger partial charge < -0.3 is 14.2 Å². The monoisotopic (exact) mass is 475 g/mol. The number of aromatic nitrogens is 1. The Balaban J connectivity index is 1.22. The zero-order chi connectivity index (χ0) is 24.4. The largest absolute Gasteiger partial charge is 0.487 e. The van der Waals surface area contributed by atoms with Crippen molar-refractivity contribution in [3.05, 3.63) is 144 Å². The highest BCUT2D eigenvalue weighted by molar-refractivity contribution is 5.78. The molecule has 0 fully saturated rings. The average molecular weight is 476 g/mol. The third-order valence-electron chi connectivity index (χ3n) is 5.97. The van der Waals surface area contributed by atoms with Crippen molar-refractivity contribution in [2.75, 3.05) is 6.61 Å². The molecule has 0 aliphatic heterocycles. The van der Waals surface area contributed by atoms with Crippen LogP contribution in [0.2, 0.25) is 0 Å². The molecule has 4 heteroatoms. The first-order valence-corrected chi connectivity index (χ1v) is 12.2. The lowest BCUT2D eigenvalue weighted by molar-refractivity contribution is -0.0313. The zero-order valence-electron chi connectivity index (χ0n) is 20.1. The fourth-order valence-corrected chi connectivity index (χ4v) is 3.99. The lowest BCUT2D eigenvalue weighted by atomic mass is 10.1. The number of pyridine rings is 1. The van der Waals surface area contributed by atoms with Crippen molar-refractivity contribution < 1.29 is 14.2 Å². The van der Waals surface area contributed by atoms with E-state index in [1.807, 2.05) is 84.9 Å². The summed E-state index contributed by atoms with van der Waals surface area (Å²) in [6.07, 6.45) is -0.190. The predicted molar refractivity (Wildman–Crippen MR) is 143 cm³/mol. The average Bonchev–Trinajstić information content (AvgIpc) is 2.95. The van der Waals surface area contributed by atoms with Crippen molar-refractivity contribution in [1.82, 2.24) is 4.98 Å². The summed E-state index contributed by atoms with van der Waals surface area (Å²) in [4.78, 5) is 4.69. The molecule has 5 aromatic rings. The summed E-state index contributed by atoms with van der Waals surface area (Å²) >= 11 is 0. The minimum atomic E-state index is -0.190. The van der Waals surface area contributed by atoms with Crippen LogP contribution in [0.3, 0.4) is 0 Å². The Morgan fingerprint density at radius 2 is 1.25 bits per heavy atom. The third kappa shape index (κ3) is 6.57. The molecule has 0 aliphatic carbocycles. The highest BCUT2D eigenvalue weighted by Gasteiger charge is 2.14. The Kier molecular flexibility index (Phi) is 7.99. The SMILES string of the molecule is c1ccc(COCC(OCc2ccccc2)c2ccc(OCc3ccc4ccccc4n3)cc2)cc1. The molecule has 1 aromatic heterocycles. The summed E-state index contributed by atoms with van der Waals surface area (Å²) in [6.45, 7) is 1.94. The van der Waals surface area contributed by atoms with Gasteiger partial charge in [0.05, 0.1) is 31.0 Å². The fraction of sp³-hybridized carbons (Fsp3) is 0.156. The number of para-hydroxylation sites is 1. The van der Waals surface area contributed by atoms with Crippen molar-refractivity contribution in [2.45, 2.75) is 25.9 Å². The Morgan fingerprint density at radius 3 is 2.00 bits per heavy atom. The van der Waals surface area contributed by atoms with Gasteiger partial charge in [0.1, 0.15) is 18.5 Å². The molecule has 0 saturated heterocycles. The number of ether oxygens (including phenoxy) is 3. The van der Waals surface area contributed by atoms with Crippen LogP contribution in [0.4, 0.5) is 0 Å². The smallest absolute Gasteiger partial charge is 0.130 e. The van der Waals surface area contributed by atoms with Gasteiger partial charge in [-0.15, -0.1) is 0 Å². The van der Waals surface area contributed by atoms with Crippen LogP contribution < -0.4 is 4.74 Å². The summed E-state index contributed by atoms with van der Waals surface area (Å²) < 4.78 is 18.3. The molecule has 180 valence electrons. The maximum absolute atomic E-state index is 6.29. The number of fused-ring (bicyclic) bond motifs is 1. The minimum absolute atomic E-state index is 0.190. The molecular weight excluding hydrogens is 446 g/mol. The van der Waals surface area contributed by atoms with Crippen LogP contribution in [-0.4, -0.2) is 11.6 Å². The number of hydrogen-bond donors (Lipinski definition) is 0. The summed E-state index contributed by atoms with van der Waals surface area (Å²) in [7, 11) is 0. The Bertz CT molecular complexity index is 1350. The summed E-state index contributed by atoms with van der Waals surface area (Å²) in [6, 6.07) is 40.6. The van der Waals surface area contributed by atoms with Crippen molar-refractivity contribution in [1.29, 1.82) is 0 Å². The van der Waals surface area contributed by atoms with E-state index in [1.54, 1.807) is 0 Å². The molecule has 1 atom stereocenters.